The van der Waals surface area contributed by atoms with Crippen molar-refractivity contribution >= 4 is 34.1 Å². The number of rotatable bonds is 7. The van der Waals surface area contributed by atoms with Crippen molar-refractivity contribution < 1.29 is 19.1 Å². The summed E-state index contributed by atoms with van der Waals surface area (Å²) >= 11 is 1.33. The van der Waals surface area contributed by atoms with Crippen LogP contribution in [-0.2, 0) is 20.7 Å². The first kappa shape index (κ1) is 19.7. The molecule has 2 N–H and O–H groups in total. The van der Waals surface area contributed by atoms with E-state index in [4.69, 9.17) is 4.74 Å². The van der Waals surface area contributed by atoms with Crippen molar-refractivity contribution in [3.8, 4) is 0 Å². The Bertz CT molecular complexity index is 799. The number of carbonyl (C=O) groups is 3. The number of aryl methyl sites for hydroxylation is 1. The van der Waals surface area contributed by atoms with E-state index in [0.29, 0.717) is 10.6 Å². The highest BCUT2D eigenvalue weighted by Gasteiger charge is 2.21. The molecule has 2 rings (SSSR count). The van der Waals surface area contributed by atoms with Crippen LogP contribution in [-0.4, -0.2) is 31.4 Å². The van der Waals surface area contributed by atoms with Crippen LogP contribution >= 0.6 is 11.3 Å². The SMILES string of the molecule is COC(=O)c1c(NC(=O)CCNC(=O)Cc2ccccc2)sc(C)c1C. The first-order valence-corrected chi connectivity index (χ1v) is 9.02. The van der Waals surface area contributed by atoms with Gasteiger partial charge in [0.15, 0.2) is 0 Å². The minimum absolute atomic E-state index is 0.122. The van der Waals surface area contributed by atoms with E-state index in [1.165, 1.54) is 18.4 Å². The van der Waals surface area contributed by atoms with Gasteiger partial charge in [-0.3, -0.25) is 9.59 Å². The Morgan fingerprint density at radius 1 is 1.08 bits per heavy atom. The molecule has 1 aromatic heterocycles. The van der Waals surface area contributed by atoms with E-state index < -0.39 is 5.97 Å². The van der Waals surface area contributed by atoms with Crippen molar-refractivity contribution in [1.82, 2.24) is 5.32 Å². The standard InChI is InChI=1S/C19H22N2O4S/c1-12-13(2)26-18(17(12)19(24)25-3)21-15(22)9-10-20-16(23)11-14-7-5-4-6-8-14/h4-8H,9-11H2,1-3H3,(H,20,23)(H,21,22). The van der Waals surface area contributed by atoms with Gasteiger partial charge in [0.2, 0.25) is 11.8 Å². The number of carbonyl (C=O) groups excluding carboxylic acids is 3. The Morgan fingerprint density at radius 3 is 2.42 bits per heavy atom. The number of esters is 1. The molecule has 0 fully saturated rings. The monoisotopic (exact) mass is 374 g/mol. The van der Waals surface area contributed by atoms with Crippen LogP contribution in [0.4, 0.5) is 5.00 Å². The van der Waals surface area contributed by atoms with Crippen LogP contribution < -0.4 is 10.6 Å². The molecule has 0 spiro atoms. The molecule has 0 aliphatic heterocycles. The van der Waals surface area contributed by atoms with Crippen LogP contribution in [0.25, 0.3) is 0 Å². The van der Waals surface area contributed by atoms with Crippen molar-refractivity contribution in [1.29, 1.82) is 0 Å². The van der Waals surface area contributed by atoms with Crippen molar-refractivity contribution in [3.63, 3.8) is 0 Å². The van der Waals surface area contributed by atoms with Crippen molar-refractivity contribution in [2.24, 2.45) is 0 Å². The van der Waals surface area contributed by atoms with E-state index in [1.54, 1.807) is 0 Å². The summed E-state index contributed by atoms with van der Waals surface area (Å²) in [5.74, 6) is -0.878. The third kappa shape index (κ3) is 5.16. The number of nitrogens with one attached hydrogen (secondary N) is 2. The number of ether oxygens (including phenoxy) is 1. The Morgan fingerprint density at radius 2 is 1.77 bits per heavy atom. The minimum Gasteiger partial charge on any atom is -0.465 e. The molecule has 2 amide bonds. The molecule has 7 heteroatoms. The number of anilines is 1. The van der Waals surface area contributed by atoms with E-state index in [2.05, 4.69) is 10.6 Å². The highest BCUT2D eigenvalue weighted by molar-refractivity contribution is 7.16. The lowest BCUT2D eigenvalue weighted by atomic mass is 10.1. The average Bonchev–Trinajstić information content (AvgIpc) is 2.89. The van der Waals surface area contributed by atoms with Gasteiger partial charge >= 0.3 is 5.97 Å². The van der Waals surface area contributed by atoms with Crippen LogP contribution in [0.15, 0.2) is 30.3 Å². The van der Waals surface area contributed by atoms with Gasteiger partial charge in [0, 0.05) is 17.8 Å². The van der Waals surface area contributed by atoms with Gasteiger partial charge in [-0.05, 0) is 25.0 Å². The number of methoxy groups -OCH3 is 1. The van der Waals surface area contributed by atoms with Crippen molar-refractivity contribution in [3.05, 3.63) is 51.9 Å². The zero-order valence-corrected chi connectivity index (χ0v) is 15.9. The van der Waals surface area contributed by atoms with Crippen LogP contribution in [0.1, 0.15) is 32.8 Å². The van der Waals surface area contributed by atoms with Crippen LogP contribution in [0.3, 0.4) is 0 Å². The second-order valence-electron chi connectivity index (χ2n) is 5.79. The minimum atomic E-state index is -0.474. The molecule has 0 atom stereocenters. The molecule has 0 bridgehead atoms. The molecule has 0 saturated carbocycles. The number of hydrogen-bond donors (Lipinski definition) is 2. The summed E-state index contributed by atoms with van der Waals surface area (Å²) < 4.78 is 4.78. The summed E-state index contributed by atoms with van der Waals surface area (Å²) in [7, 11) is 1.31. The maximum Gasteiger partial charge on any atom is 0.341 e. The molecule has 1 aromatic carbocycles. The van der Waals surface area contributed by atoms with Crippen LogP contribution in [0, 0.1) is 13.8 Å². The zero-order valence-electron chi connectivity index (χ0n) is 15.0. The lowest BCUT2D eigenvalue weighted by Gasteiger charge is -2.07. The fourth-order valence-electron chi connectivity index (χ4n) is 2.41. The topological polar surface area (TPSA) is 84.5 Å². The molecule has 0 radical (unpaired) electrons. The average molecular weight is 374 g/mol. The molecule has 0 saturated heterocycles. The predicted octanol–water partition coefficient (Wildman–Crippen LogP) is 2.84. The van der Waals surface area contributed by atoms with Crippen molar-refractivity contribution in [2.45, 2.75) is 26.7 Å². The molecule has 138 valence electrons. The first-order chi connectivity index (χ1) is 12.4. The van der Waals surface area contributed by atoms with E-state index in [1.807, 2.05) is 44.2 Å². The van der Waals surface area contributed by atoms with Crippen LogP contribution in [0.5, 0.6) is 0 Å². The van der Waals surface area contributed by atoms with E-state index in [9.17, 15) is 14.4 Å². The first-order valence-electron chi connectivity index (χ1n) is 8.21. The van der Waals surface area contributed by atoms with Crippen molar-refractivity contribution in [2.75, 3.05) is 19.0 Å². The Labute approximate surface area is 156 Å². The Hall–Kier alpha value is -2.67. The second-order valence-corrected chi connectivity index (χ2v) is 7.01. The fraction of sp³-hybridized carbons (Fsp3) is 0.316. The molecule has 0 aliphatic carbocycles. The van der Waals surface area contributed by atoms with Gasteiger partial charge in [-0.1, -0.05) is 30.3 Å². The number of amides is 2. The molecule has 0 aliphatic rings. The Balaban J connectivity index is 1.85. The summed E-state index contributed by atoms with van der Waals surface area (Å²) in [6.45, 7) is 3.93. The van der Waals surface area contributed by atoms with Gasteiger partial charge < -0.3 is 15.4 Å². The highest BCUT2D eigenvalue weighted by Crippen LogP contribution is 2.32. The predicted molar refractivity (Wildman–Crippen MR) is 102 cm³/mol. The van der Waals surface area contributed by atoms with Gasteiger partial charge in [0.1, 0.15) is 5.00 Å². The fourth-order valence-corrected chi connectivity index (χ4v) is 3.48. The molecular formula is C19H22N2O4S. The zero-order chi connectivity index (χ0) is 19.1. The molecular weight excluding hydrogens is 352 g/mol. The molecule has 1 heterocycles. The van der Waals surface area contributed by atoms with Gasteiger partial charge in [0.05, 0.1) is 19.1 Å². The molecule has 2 aromatic rings. The maximum absolute atomic E-state index is 12.1. The molecule has 0 unspecified atom stereocenters. The number of hydrogen-bond acceptors (Lipinski definition) is 5. The van der Waals surface area contributed by atoms with Gasteiger partial charge in [0.25, 0.3) is 0 Å². The van der Waals surface area contributed by atoms with Gasteiger partial charge in [-0.2, -0.15) is 0 Å². The largest absolute Gasteiger partial charge is 0.465 e. The lowest BCUT2D eigenvalue weighted by Crippen LogP contribution is -2.29. The lowest BCUT2D eigenvalue weighted by molar-refractivity contribution is -0.120. The smallest absolute Gasteiger partial charge is 0.341 e. The van der Waals surface area contributed by atoms with E-state index in [0.717, 1.165) is 16.0 Å². The third-order valence-corrected chi connectivity index (χ3v) is 5.03. The highest BCUT2D eigenvalue weighted by atomic mass is 32.1. The van der Waals surface area contributed by atoms with Crippen LogP contribution in [0.2, 0.25) is 0 Å². The summed E-state index contributed by atoms with van der Waals surface area (Å²) in [5, 5.41) is 5.94. The van der Waals surface area contributed by atoms with Gasteiger partial charge in [-0.25, -0.2) is 4.79 Å². The summed E-state index contributed by atoms with van der Waals surface area (Å²) in [4.78, 5) is 36.9. The maximum atomic E-state index is 12.1. The molecule has 6 nitrogen and oxygen atoms in total. The second kappa shape index (κ2) is 9.15. The number of thiophene rings is 1. The quantitative estimate of drug-likeness (QED) is 0.730. The summed E-state index contributed by atoms with van der Waals surface area (Å²) in [6.07, 6.45) is 0.398. The van der Waals surface area contributed by atoms with E-state index in [-0.39, 0.29) is 31.2 Å². The third-order valence-electron chi connectivity index (χ3n) is 3.91. The Kier molecular flexibility index (Phi) is 6.91. The molecule has 26 heavy (non-hydrogen) atoms. The van der Waals surface area contributed by atoms with Gasteiger partial charge in [-0.15, -0.1) is 11.3 Å². The number of benzene rings is 1. The normalized spacial score (nSPS) is 10.3. The summed E-state index contributed by atoms with van der Waals surface area (Å²) in [5.41, 5.74) is 2.10. The summed E-state index contributed by atoms with van der Waals surface area (Å²) in [6, 6.07) is 9.40. The van der Waals surface area contributed by atoms with E-state index >= 15 is 0 Å².